The Morgan fingerprint density at radius 3 is 2.77 bits per heavy atom. The lowest BCUT2D eigenvalue weighted by molar-refractivity contribution is 0.102. The highest BCUT2D eigenvalue weighted by atomic mass is 32.1. The van der Waals surface area contributed by atoms with E-state index in [1.165, 1.54) is 21.9 Å². The van der Waals surface area contributed by atoms with E-state index in [1.54, 1.807) is 25.3 Å². The lowest BCUT2D eigenvalue weighted by Gasteiger charge is -2.08. The number of rotatable bonds is 2. The Bertz CT molecular complexity index is 928. The van der Waals surface area contributed by atoms with Crippen LogP contribution in [0.4, 0.5) is 5.69 Å². The molecule has 1 amide bonds. The zero-order chi connectivity index (χ0) is 15.9. The van der Waals surface area contributed by atoms with Gasteiger partial charge in [-0.05, 0) is 32.9 Å². The van der Waals surface area contributed by atoms with Gasteiger partial charge in [-0.15, -0.1) is 11.3 Å². The van der Waals surface area contributed by atoms with Gasteiger partial charge >= 0.3 is 0 Å². The van der Waals surface area contributed by atoms with Crippen LogP contribution in [0.1, 0.15) is 26.6 Å². The van der Waals surface area contributed by atoms with Crippen LogP contribution in [-0.4, -0.2) is 20.3 Å². The van der Waals surface area contributed by atoms with Gasteiger partial charge in [-0.1, -0.05) is 0 Å². The van der Waals surface area contributed by atoms with Crippen LogP contribution < -0.4 is 10.9 Å². The van der Waals surface area contributed by atoms with Gasteiger partial charge in [-0.25, -0.2) is 4.98 Å². The average Bonchev–Trinajstić information content (AvgIpc) is 2.79. The first-order chi connectivity index (χ1) is 10.5. The molecule has 3 rings (SSSR count). The SMILES string of the molecule is Cc1nc2sc(C)c(C)n2c(=O)c1NC(=O)c1cccnc1. The highest BCUT2D eigenvalue weighted by Gasteiger charge is 2.17. The molecule has 1 N–H and O–H groups in total. The number of amides is 1. The maximum absolute atomic E-state index is 12.6. The number of carbonyl (C=O) groups is 1. The van der Waals surface area contributed by atoms with E-state index < -0.39 is 0 Å². The lowest BCUT2D eigenvalue weighted by atomic mass is 10.2. The fourth-order valence-corrected chi connectivity index (χ4v) is 3.17. The van der Waals surface area contributed by atoms with Crippen LogP contribution in [0, 0.1) is 20.8 Å². The second-order valence-electron chi connectivity index (χ2n) is 4.93. The zero-order valence-electron chi connectivity index (χ0n) is 12.4. The quantitative estimate of drug-likeness (QED) is 0.787. The molecule has 0 aliphatic carbocycles. The number of nitrogens with one attached hydrogen (secondary N) is 1. The van der Waals surface area contributed by atoms with Crippen molar-refractivity contribution in [3.8, 4) is 0 Å². The summed E-state index contributed by atoms with van der Waals surface area (Å²) in [5, 5.41) is 2.65. The Morgan fingerprint density at radius 1 is 1.32 bits per heavy atom. The molecule has 0 radical (unpaired) electrons. The number of fused-ring (bicyclic) bond motifs is 1. The Morgan fingerprint density at radius 2 is 2.09 bits per heavy atom. The highest BCUT2D eigenvalue weighted by molar-refractivity contribution is 7.17. The summed E-state index contributed by atoms with van der Waals surface area (Å²) in [5.41, 5.74) is 1.68. The number of carbonyl (C=O) groups excluding carboxylic acids is 1. The summed E-state index contributed by atoms with van der Waals surface area (Å²) in [7, 11) is 0. The number of pyridine rings is 1. The van der Waals surface area contributed by atoms with Crippen molar-refractivity contribution in [2.24, 2.45) is 0 Å². The van der Waals surface area contributed by atoms with Gasteiger partial charge in [0.25, 0.3) is 11.5 Å². The molecule has 0 aliphatic heterocycles. The van der Waals surface area contributed by atoms with Gasteiger partial charge < -0.3 is 5.32 Å². The lowest BCUT2D eigenvalue weighted by Crippen LogP contribution is -2.25. The molecular weight excluding hydrogens is 300 g/mol. The molecule has 0 aliphatic rings. The summed E-state index contributed by atoms with van der Waals surface area (Å²) in [6.07, 6.45) is 3.04. The summed E-state index contributed by atoms with van der Waals surface area (Å²) < 4.78 is 1.53. The monoisotopic (exact) mass is 314 g/mol. The molecule has 22 heavy (non-hydrogen) atoms. The standard InChI is InChI=1S/C15H14N4O2S/c1-8-12(18-13(20)11-5-4-6-16-7-11)14(21)19-9(2)10(3)22-15(19)17-8/h4-7H,1-3H3,(H,18,20). The van der Waals surface area contributed by atoms with Gasteiger partial charge in [-0.2, -0.15) is 0 Å². The molecule has 0 atom stereocenters. The topological polar surface area (TPSA) is 76.4 Å². The van der Waals surface area contributed by atoms with E-state index in [0.29, 0.717) is 16.2 Å². The van der Waals surface area contributed by atoms with E-state index in [4.69, 9.17) is 0 Å². The summed E-state index contributed by atoms with van der Waals surface area (Å²) in [4.78, 5) is 34.9. The molecule has 0 saturated carbocycles. The molecule has 0 unspecified atom stereocenters. The second-order valence-corrected chi connectivity index (χ2v) is 6.12. The van der Waals surface area contributed by atoms with Crippen molar-refractivity contribution in [1.29, 1.82) is 0 Å². The Kier molecular flexibility index (Phi) is 3.50. The van der Waals surface area contributed by atoms with Gasteiger partial charge in [-0.3, -0.25) is 19.0 Å². The molecule has 0 saturated heterocycles. The van der Waals surface area contributed by atoms with Crippen molar-refractivity contribution < 1.29 is 4.79 Å². The van der Waals surface area contributed by atoms with Crippen LogP contribution in [0.25, 0.3) is 4.96 Å². The van der Waals surface area contributed by atoms with Gasteiger partial charge in [0.05, 0.1) is 11.3 Å². The van der Waals surface area contributed by atoms with Gasteiger partial charge in [0.2, 0.25) is 0 Å². The third-order valence-electron chi connectivity index (χ3n) is 3.48. The minimum atomic E-state index is -0.375. The largest absolute Gasteiger partial charge is 0.316 e. The third kappa shape index (κ3) is 2.29. The number of anilines is 1. The van der Waals surface area contributed by atoms with Gasteiger partial charge in [0.1, 0.15) is 5.69 Å². The van der Waals surface area contributed by atoms with Crippen molar-refractivity contribution in [2.45, 2.75) is 20.8 Å². The molecule has 3 aromatic rings. The third-order valence-corrected chi connectivity index (χ3v) is 4.54. The summed E-state index contributed by atoms with van der Waals surface area (Å²) in [6.45, 7) is 5.52. The molecule has 0 aromatic carbocycles. The van der Waals surface area contributed by atoms with Crippen LogP contribution in [0.2, 0.25) is 0 Å². The van der Waals surface area contributed by atoms with E-state index in [1.807, 2.05) is 13.8 Å². The predicted molar refractivity (Wildman–Crippen MR) is 85.7 cm³/mol. The number of aromatic nitrogens is 3. The molecule has 0 bridgehead atoms. The van der Waals surface area contributed by atoms with E-state index in [9.17, 15) is 9.59 Å². The van der Waals surface area contributed by atoms with E-state index in [2.05, 4.69) is 15.3 Å². The first-order valence-electron chi connectivity index (χ1n) is 6.69. The van der Waals surface area contributed by atoms with E-state index >= 15 is 0 Å². The minimum Gasteiger partial charge on any atom is -0.316 e. The van der Waals surface area contributed by atoms with Crippen molar-refractivity contribution in [3.05, 3.63) is 56.7 Å². The molecule has 112 valence electrons. The van der Waals surface area contributed by atoms with Crippen molar-refractivity contribution in [3.63, 3.8) is 0 Å². The summed E-state index contributed by atoms with van der Waals surface area (Å²) in [6, 6.07) is 3.31. The Balaban J connectivity index is 2.10. The molecule has 0 spiro atoms. The van der Waals surface area contributed by atoms with Crippen LogP contribution in [0.5, 0.6) is 0 Å². The zero-order valence-corrected chi connectivity index (χ0v) is 13.2. The molecule has 3 heterocycles. The van der Waals surface area contributed by atoms with Crippen molar-refractivity contribution >= 4 is 27.9 Å². The first-order valence-corrected chi connectivity index (χ1v) is 7.51. The molecule has 7 heteroatoms. The van der Waals surface area contributed by atoms with Gasteiger partial charge in [0.15, 0.2) is 4.96 Å². The first kappa shape index (κ1) is 14.4. The Hall–Kier alpha value is -2.54. The average molecular weight is 314 g/mol. The fourth-order valence-electron chi connectivity index (χ4n) is 2.16. The maximum Gasteiger partial charge on any atom is 0.282 e. The second kappa shape index (κ2) is 5.34. The number of thiazole rings is 1. The fraction of sp³-hybridized carbons (Fsp3) is 0.200. The van der Waals surface area contributed by atoms with Crippen LogP contribution in [0.15, 0.2) is 29.3 Å². The van der Waals surface area contributed by atoms with Crippen LogP contribution in [0.3, 0.4) is 0 Å². The van der Waals surface area contributed by atoms with Gasteiger partial charge in [0, 0.05) is 23.0 Å². The molecule has 0 fully saturated rings. The summed E-state index contributed by atoms with van der Waals surface area (Å²) in [5.74, 6) is -0.375. The van der Waals surface area contributed by atoms with E-state index in [0.717, 1.165) is 10.6 Å². The predicted octanol–water partition coefficient (Wildman–Crippen LogP) is 2.33. The maximum atomic E-state index is 12.6. The molecule has 3 aromatic heterocycles. The normalized spacial score (nSPS) is 10.9. The van der Waals surface area contributed by atoms with Crippen LogP contribution in [-0.2, 0) is 0 Å². The molecule has 6 nitrogen and oxygen atoms in total. The van der Waals surface area contributed by atoms with Crippen molar-refractivity contribution in [2.75, 3.05) is 5.32 Å². The number of aryl methyl sites for hydroxylation is 3. The van der Waals surface area contributed by atoms with Crippen LogP contribution >= 0.6 is 11.3 Å². The summed E-state index contributed by atoms with van der Waals surface area (Å²) >= 11 is 1.46. The van der Waals surface area contributed by atoms with Crippen molar-refractivity contribution in [1.82, 2.24) is 14.4 Å². The highest BCUT2D eigenvalue weighted by Crippen LogP contribution is 2.21. The number of hydrogen-bond acceptors (Lipinski definition) is 5. The number of hydrogen-bond donors (Lipinski definition) is 1. The van der Waals surface area contributed by atoms with E-state index in [-0.39, 0.29) is 17.2 Å². The minimum absolute atomic E-state index is 0.201. The molecular formula is C15H14N4O2S. The number of nitrogens with zero attached hydrogens (tertiary/aromatic N) is 3. The Labute approximate surface area is 130 Å². The smallest absolute Gasteiger partial charge is 0.282 e.